The maximum Gasteiger partial charge on any atom is 0.0312 e. The van der Waals surface area contributed by atoms with Gasteiger partial charge in [-0.1, -0.05) is 6.07 Å². The van der Waals surface area contributed by atoms with E-state index in [4.69, 9.17) is 0 Å². The Kier molecular flexibility index (Phi) is 3.13. The predicted octanol–water partition coefficient (Wildman–Crippen LogP) is 2.08. The van der Waals surface area contributed by atoms with E-state index in [1.807, 2.05) is 18.5 Å². The van der Waals surface area contributed by atoms with E-state index < -0.39 is 0 Å². The summed E-state index contributed by atoms with van der Waals surface area (Å²) in [5, 5.41) is 0. The molecule has 0 saturated carbocycles. The minimum Gasteiger partial charge on any atom is -0.291 e. The van der Waals surface area contributed by atoms with Crippen molar-refractivity contribution in [1.29, 1.82) is 0 Å². The molecule has 3 nitrogen and oxygen atoms in total. The highest BCUT2D eigenvalue weighted by Crippen LogP contribution is 2.32. The molecule has 0 aromatic carbocycles. The summed E-state index contributed by atoms with van der Waals surface area (Å²) in [5.74, 6) is 0. The number of piperazine rings is 1. The molecule has 3 rings (SSSR count). The molecule has 3 heterocycles. The van der Waals surface area contributed by atoms with Crippen LogP contribution in [0.5, 0.6) is 0 Å². The highest BCUT2D eigenvalue weighted by molar-refractivity contribution is 14.1. The lowest BCUT2D eigenvalue weighted by Crippen LogP contribution is -2.49. The third kappa shape index (κ3) is 2.10. The van der Waals surface area contributed by atoms with Gasteiger partial charge < -0.3 is 0 Å². The molecule has 0 N–H and O–H groups in total. The molecule has 0 aliphatic carbocycles. The third-order valence-corrected chi connectivity index (χ3v) is 4.46. The van der Waals surface area contributed by atoms with Gasteiger partial charge in [0.2, 0.25) is 0 Å². The Labute approximate surface area is 110 Å². The molecule has 4 heteroatoms. The van der Waals surface area contributed by atoms with E-state index in [0.717, 1.165) is 18.6 Å². The zero-order valence-corrected chi connectivity index (χ0v) is 11.4. The van der Waals surface area contributed by atoms with E-state index in [2.05, 4.69) is 41.9 Å². The van der Waals surface area contributed by atoms with Crippen molar-refractivity contribution < 1.29 is 0 Å². The fourth-order valence-electron chi connectivity index (χ4n) is 2.90. The topological polar surface area (TPSA) is 19.4 Å². The number of halogens is 1. The average Bonchev–Trinajstić information content (AvgIpc) is 2.54. The molecule has 2 aliphatic rings. The molecule has 0 radical (unpaired) electrons. The molecular formula is C12H16IN3. The third-order valence-electron chi connectivity index (χ3n) is 3.68. The standard InChI is InChI=1S/C12H16IN3/c13-15-8-11-3-4-12(9-15)16(11)7-10-2-1-5-14-6-10/h1-2,5-6,11-12H,3-4,7-9H2. The number of hydrogen-bond acceptors (Lipinski definition) is 3. The summed E-state index contributed by atoms with van der Waals surface area (Å²) in [6.45, 7) is 3.52. The Morgan fingerprint density at radius 2 is 2.06 bits per heavy atom. The predicted molar refractivity (Wildman–Crippen MR) is 72.2 cm³/mol. The molecule has 1 aromatic heterocycles. The van der Waals surface area contributed by atoms with Crippen molar-refractivity contribution in [1.82, 2.24) is 13.0 Å². The molecule has 86 valence electrons. The highest BCUT2D eigenvalue weighted by Gasteiger charge is 2.38. The van der Waals surface area contributed by atoms with Crippen LogP contribution in [0.1, 0.15) is 18.4 Å². The summed E-state index contributed by atoms with van der Waals surface area (Å²) in [7, 11) is 0. The van der Waals surface area contributed by atoms with Crippen LogP contribution in [0, 0.1) is 0 Å². The van der Waals surface area contributed by atoms with Gasteiger partial charge in [-0.3, -0.25) is 9.88 Å². The molecule has 0 amide bonds. The van der Waals surface area contributed by atoms with E-state index in [9.17, 15) is 0 Å². The van der Waals surface area contributed by atoms with E-state index in [1.54, 1.807) is 0 Å². The lowest BCUT2D eigenvalue weighted by atomic mass is 10.2. The summed E-state index contributed by atoms with van der Waals surface area (Å²) in [6, 6.07) is 5.74. The Bertz CT molecular complexity index is 343. The monoisotopic (exact) mass is 329 g/mol. The molecule has 2 fully saturated rings. The van der Waals surface area contributed by atoms with Crippen molar-refractivity contribution in [2.75, 3.05) is 13.1 Å². The molecule has 2 aliphatic heterocycles. The summed E-state index contributed by atoms with van der Waals surface area (Å²) < 4.78 is 2.44. The Balaban J connectivity index is 1.72. The van der Waals surface area contributed by atoms with Crippen molar-refractivity contribution in [2.24, 2.45) is 0 Å². The number of hydrogen-bond donors (Lipinski definition) is 0. The Morgan fingerprint density at radius 3 is 2.69 bits per heavy atom. The molecule has 1 aromatic rings. The quantitative estimate of drug-likeness (QED) is 0.612. The second-order valence-electron chi connectivity index (χ2n) is 4.75. The largest absolute Gasteiger partial charge is 0.291 e. The van der Waals surface area contributed by atoms with Crippen LogP contribution in [0.4, 0.5) is 0 Å². The first kappa shape index (κ1) is 10.9. The van der Waals surface area contributed by atoms with Crippen molar-refractivity contribution in [3.05, 3.63) is 30.1 Å². The number of nitrogens with zero attached hydrogens (tertiary/aromatic N) is 3. The van der Waals surface area contributed by atoms with Gasteiger partial charge >= 0.3 is 0 Å². The summed E-state index contributed by atoms with van der Waals surface area (Å²) >= 11 is 2.46. The maximum absolute atomic E-state index is 4.20. The van der Waals surface area contributed by atoms with Gasteiger partial charge in [-0.25, -0.2) is 3.11 Å². The van der Waals surface area contributed by atoms with Crippen molar-refractivity contribution >= 4 is 22.9 Å². The van der Waals surface area contributed by atoms with Gasteiger partial charge in [-0.2, -0.15) is 0 Å². The summed E-state index contributed by atoms with van der Waals surface area (Å²) in [4.78, 5) is 6.87. The van der Waals surface area contributed by atoms with Gasteiger partial charge in [0.25, 0.3) is 0 Å². The Morgan fingerprint density at radius 1 is 1.31 bits per heavy atom. The van der Waals surface area contributed by atoms with Gasteiger partial charge in [0.1, 0.15) is 0 Å². The second-order valence-corrected chi connectivity index (χ2v) is 6.11. The second kappa shape index (κ2) is 4.58. The van der Waals surface area contributed by atoms with Crippen LogP contribution in [0.25, 0.3) is 0 Å². The van der Waals surface area contributed by atoms with E-state index >= 15 is 0 Å². The van der Waals surface area contributed by atoms with Gasteiger partial charge in [-0.05, 0) is 24.5 Å². The summed E-state index contributed by atoms with van der Waals surface area (Å²) in [5.41, 5.74) is 1.35. The molecule has 2 bridgehead atoms. The van der Waals surface area contributed by atoms with Crippen LogP contribution in [0.3, 0.4) is 0 Å². The zero-order chi connectivity index (χ0) is 11.0. The van der Waals surface area contributed by atoms with Crippen molar-refractivity contribution in [3.63, 3.8) is 0 Å². The molecule has 2 unspecified atom stereocenters. The van der Waals surface area contributed by atoms with Crippen molar-refractivity contribution in [2.45, 2.75) is 31.5 Å². The minimum atomic E-state index is 0.760. The normalized spacial score (nSPS) is 30.8. The first-order valence-corrected chi connectivity index (χ1v) is 6.85. The first-order chi connectivity index (χ1) is 7.83. The average molecular weight is 329 g/mol. The van der Waals surface area contributed by atoms with Gasteiger partial charge in [0, 0.05) is 67.0 Å². The summed E-state index contributed by atoms with van der Waals surface area (Å²) in [6.07, 6.45) is 6.58. The van der Waals surface area contributed by atoms with Gasteiger partial charge in [0.15, 0.2) is 0 Å². The van der Waals surface area contributed by atoms with Crippen LogP contribution in [0.2, 0.25) is 0 Å². The number of pyridine rings is 1. The molecule has 16 heavy (non-hydrogen) atoms. The lowest BCUT2D eigenvalue weighted by Gasteiger charge is -2.38. The van der Waals surface area contributed by atoms with Crippen LogP contribution >= 0.6 is 22.9 Å². The van der Waals surface area contributed by atoms with Crippen LogP contribution < -0.4 is 0 Å². The highest BCUT2D eigenvalue weighted by atomic mass is 127. The number of fused-ring (bicyclic) bond motifs is 2. The van der Waals surface area contributed by atoms with E-state index in [0.29, 0.717) is 0 Å². The van der Waals surface area contributed by atoms with Gasteiger partial charge in [0.05, 0.1) is 0 Å². The maximum atomic E-state index is 4.20. The molecular weight excluding hydrogens is 313 g/mol. The molecule has 2 atom stereocenters. The Hall–Kier alpha value is -0.200. The number of rotatable bonds is 2. The SMILES string of the molecule is IN1CC2CCC(C1)N2Cc1cccnc1. The van der Waals surface area contributed by atoms with Crippen LogP contribution in [-0.4, -0.2) is 38.2 Å². The zero-order valence-electron chi connectivity index (χ0n) is 9.22. The number of aromatic nitrogens is 1. The van der Waals surface area contributed by atoms with E-state index in [1.165, 1.54) is 31.5 Å². The van der Waals surface area contributed by atoms with Crippen LogP contribution in [-0.2, 0) is 6.54 Å². The first-order valence-electron chi connectivity index (χ1n) is 5.88. The van der Waals surface area contributed by atoms with Gasteiger partial charge in [-0.15, -0.1) is 0 Å². The molecule has 0 spiro atoms. The van der Waals surface area contributed by atoms with Crippen LogP contribution in [0.15, 0.2) is 24.5 Å². The van der Waals surface area contributed by atoms with Crippen molar-refractivity contribution in [3.8, 4) is 0 Å². The van der Waals surface area contributed by atoms with E-state index in [-0.39, 0.29) is 0 Å². The minimum absolute atomic E-state index is 0.760. The molecule has 2 saturated heterocycles. The smallest absolute Gasteiger partial charge is 0.0312 e. The lowest BCUT2D eigenvalue weighted by molar-refractivity contribution is 0.115. The fraction of sp³-hybridized carbons (Fsp3) is 0.583. The fourth-order valence-corrected chi connectivity index (χ4v) is 3.81.